The van der Waals surface area contributed by atoms with Crippen LogP contribution in [0, 0.1) is 5.92 Å². The Morgan fingerprint density at radius 3 is 1.54 bits per heavy atom. The van der Waals surface area contributed by atoms with Gasteiger partial charge in [0.15, 0.2) is 0 Å². The number of nitrogens with zero attached hydrogens (tertiary/aromatic N) is 2. The molecule has 1 aliphatic rings. The number of benzene rings is 11. The van der Waals surface area contributed by atoms with Gasteiger partial charge in [0.25, 0.3) is 0 Å². The minimum Gasteiger partial charge on any atom is -0.493 e. The first-order valence-corrected chi connectivity index (χ1v) is 29.1. The fraction of sp³-hybridized carbons (Fsp3) is 0.114. The van der Waals surface area contributed by atoms with Gasteiger partial charge in [-0.15, -0.1) is 0 Å². The van der Waals surface area contributed by atoms with Crippen molar-refractivity contribution in [3.8, 4) is 55.9 Å². The van der Waals surface area contributed by atoms with Gasteiger partial charge in [-0.05, 0) is 176 Å². The van der Waals surface area contributed by atoms with E-state index in [0.717, 1.165) is 83.9 Å². The van der Waals surface area contributed by atoms with E-state index in [1.165, 1.54) is 77.4 Å². The summed E-state index contributed by atoms with van der Waals surface area (Å²) in [5, 5.41) is 2.44. The molecule has 11 aromatic carbocycles. The summed E-state index contributed by atoms with van der Waals surface area (Å²) in [6.45, 7) is 10.9. The molecule has 2 unspecified atom stereocenters. The van der Waals surface area contributed by atoms with Gasteiger partial charge in [-0.1, -0.05) is 233 Å². The maximum atomic E-state index is 6.36. The van der Waals surface area contributed by atoms with E-state index < -0.39 is 0 Å². The number of aromatic nitrogens is 1. The molecule has 0 spiro atoms. The molecule has 0 bridgehead atoms. The van der Waals surface area contributed by atoms with E-state index in [1.807, 2.05) is 12.2 Å². The molecular weight excluding hydrogens is 993 g/mol. The first kappa shape index (κ1) is 51.7. The van der Waals surface area contributed by atoms with Crippen LogP contribution in [-0.4, -0.2) is 11.2 Å². The topological polar surface area (TPSA) is 17.4 Å². The van der Waals surface area contributed by atoms with Gasteiger partial charge < -0.3 is 14.2 Å². The molecule has 398 valence electrons. The number of hydrogen-bond acceptors (Lipinski definition) is 2. The minimum atomic E-state index is -0.347. The van der Waals surface area contributed by atoms with Crippen LogP contribution < -0.4 is 9.64 Å². The zero-order valence-corrected chi connectivity index (χ0v) is 46.6. The second-order valence-electron chi connectivity index (χ2n) is 21.9. The fourth-order valence-corrected chi connectivity index (χ4v) is 12.8. The quantitative estimate of drug-likeness (QED) is 0.0751. The van der Waals surface area contributed by atoms with E-state index in [1.54, 1.807) is 0 Å². The Balaban J connectivity index is 0.877. The molecule has 2 atom stereocenters. The largest absolute Gasteiger partial charge is 0.493 e. The van der Waals surface area contributed by atoms with E-state index in [2.05, 4.69) is 296 Å². The summed E-state index contributed by atoms with van der Waals surface area (Å²) in [6.07, 6.45) is 9.14. The first-order valence-electron chi connectivity index (χ1n) is 29.1. The van der Waals surface area contributed by atoms with Gasteiger partial charge in [0, 0.05) is 38.9 Å². The van der Waals surface area contributed by atoms with Crippen molar-refractivity contribution in [3.63, 3.8) is 0 Å². The van der Waals surface area contributed by atoms with Crippen LogP contribution in [0.25, 0.3) is 84.2 Å². The molecule has 1 heterocycles. The maximum Gasteiger partial charge on any atom is 0.119 e. The van der Waals surface area contributed by atoms with E-state index in [9.17, 15) is 0 Å². The average Bonchev–Trinajstić information content (AvgIpc) is 2.41. The highest BCUT2D eigenvalue weighted by Crippen LogP contribution is 2.56. The van der Waals surface area contributed by atoms with Crippen LogP contribution in [0.4, 0.5) is 17.1 Å². The van der Waals surface area contributed by atoms with Gasteiger partial charge in [-0.3, -0.25) is 0 Å². The van der Waals surface area contributed by atoms with Crippen LogP contribution in [0.1, 0.15) is 66.8 Å². The lowest BCUT2D eigenvalue weighted by atomic mass is 9.69. The summed E-state index contributed by atoms with van der Waals surface area (Å²) in [4.78, 5) is 2.45. The second kappa shape index (κ2) is 22.8. The molecule has 0 radical (unpaired) electrons. The van der Waals surface area contributed by atoms with Crippen molar-refractivity contribution >= 4 is 51.0 Å². The Bertz CT molecular complexity index is 4200. The number of unbranched alkanes of at least 4 members (excludes halogenated alkanes) is 1. The molecule has 82 heavy (non-hydrogen) atoms. The van der Waals surface area contributed by atoms with Gasteiger partial charge in [0.2, 0.25) is 0 Å². The monoisotopic (exact) mass is 1060 g/mol. The smallest absolute Gasteiger partial charge is 0.119 e. The molecule has 1 aliphatic carbocycles. The predicted molar refractivity (Wildman–Crippen MR) is 348 cm³/mol. The third-order valence-corrected chi connectivity index (χ3v) is 17.2. The molecule has 13 rings (SSSR count). The molecule has 3 nitrogen and oxygen atoms in total. The molecule has 12 aromatic rings. The highest BCUT2D eigenvalue weighted by molar-refractivity contribution is 6.11. The van der Waals surface area contributed by atoms with Gasteiger partial charge in [0.1, 0.15) is 5.75 Å². The van der Waals surface area contributed by atoms with E-state index >= 15 is 0 Å². The van der Waals surface area contributed by atoms with Crippen LogP contribution in [-0.2, 0) is 5.41 Å². The predicted octanol–water partition coefficient (Wildman–Crippen LogP) is 21.5. The van der Waals surface area contributed by atoms with Crippen LogP contribution in [0.5, 0.6) is 5.75 Å². The Morgan fingerprint density at radius 1 is 0.451 bits per heavy atom. The molecule has 0 fully saturated rings. The molecule has 1 aromatic heterocycles. The summed E-state index contributed by atoms with van der Waals surface area (Å²) in [6, 6.07) is 98.2. The van der Waals surface area contributed by atoms with Gasteiger partial charge in [-0.25, -0.2) is 0 Å². The molecule has 0 amide bonds. The van der Waals surface area contributed by atoms with Crippen molar-refractivity contribution in [1.82, 2.24) is 4.57 Å². The molecule has 0 N–H and O–H groups in total. The summed E-state index contributed by atoms with van der Waals surface area (Å²) in [5.74, 6) is 1.39. The normalized spacial score (nSPS) is 13.8. The highest BCUT2D eigenvalue weighted by atomic mass is 16.5. The molecule has 0 saturated carbocycles. The van der Waals surface area contributed by atoms with Crippen molar-refractivity contribution in [1.29, 1.82) is 0 Å². The Hall–Kier alpha value is -9.70. The molecular formula is C79H66N2O. The van der Waals surface area contributed by atoms with E-state index in [0.29, 0.717) is 5.92 Å². The van der Waals surface area contributed by atoms with Crippen molar-refractivity contribution in [2.75, 3.05) is 11.5 Å². The van der Waals surface area contributed by atoms with E-state index in [-0.39, 0.29) is 5.41 Å². The summed E-state index contributed by atoms with van der Waals surface area (Å²) in [5.41, 5.74) is 22.5. The lowest BCUT2D eigenvalue weighted by Gasteiger charge is -2.34. The van der Waals surface area contributed by atoms with Gasteiger partial charge >= 0.3 is 0 Å². The highest BCUT2D eigenvalue weighted by Gasteiger charge is 2.44. The summed E-state index contributed by atoms with van der Waals surface area (Å²) in [7, 11) is 0. The Labute approximate surface area is 483 Å². The zero-order valence-electron chi connectivity index (χ0n) is 46.6. The van der Waals surface area contributed by atoms with Crippen LogP contribution >= 0.6 is 0 Å². The van der Waals surface area contributed by atoms with E-state index in [4.69, 9.17) is 4.74 Å². The standard InChI is InChI=1S/C79H66N2O/c1-4-56-29-33-61(34-30-56)63-39-49-77-73(52-63)74-53-64(40-50-78(74)81(77)66-25-14-9-15-26-66)62-37-43-68(44-38-62)80(67-41-35-60(36-42-67)59-21-10-7-11-22-59)69-45-48-72-71-27-16-17-28-75(71)79(76(72)54-69,65-23-12-8-13-24-65)51-19-18-20-58(6-3)55-82-70-46-31-57(5-2)32-47-70/h4-5,7-17,21-50,52-54,58H,1-2,6,18-20,51,55H2,3H3. The van der Waals surface area contributed by atoms with Crippen LogP contribution in [0.3, 0.4) is 0 Å². The average molecular weight is 1060 g/mol. The third-order valence-electron chi connectivity index (χ3n) is 17.2. The number of fused-ring (bicyclic) bond motifs is 6. The van der Waals surface area contributed by atoms with Crippen molar-refractivity contribution in [2.45, 2.75) is 44.4 Å². The third kappa shape index (κ3) is 9.83. The van der Waals surface area contributed by atoms with Gasteiger partial charge in [0.05, 0.1) is 17.6 Å². The van der Waals surface area contributed by atoms with Crippen LogP contribution in [0.2, 0.25) is 0 Å². The summed E-state index contributed by atoms with van der Waals surface area (Å²) < 4.78 is 8.76. The SMILES string of the molecule is C=Cc1ccc(OCC(CC)CCCCC2(c3ccccc3)c3ccccc3-c3ccc(N(c4ccc(-c5ccccc5)cc4)c4ccc(-c5ccc6c(c5)c5cc(-c7ccc(C=C)cc7)ccc5n6-c5ccccc5)cc4)cc32)cc1. The molecule has 3 heteroatoms. The lowest BCUT2D eigenvalue weighted by Crippen LogP contribution is -2.27. The molecule has 0 saturated heterocycles. The molecule has 0 aliphatic heterocycles. The maximum absolute atomic E-state index is 6.36. The van der Waals surface area contributed by atoms with Crippen molar-refractivity contribution < 1.29 is 4.74 Å². The number of para-hydroxylation sites is 1. The summed E-state index contributed by atoms with van der Waals surface area (Å²) >= 11 is 0. The Morgan fingerprint density at radius 2 is 0.939 bits per heavy atom. The van der Waals surface area contributed by atoms with Gasteiger partial charge in [-0.2, -0.15) is 0 Å². The van der Waals surface area contributed by atoms with Crippen molar-refractivity contribution in [3.05, 3.63) is 308 Å². The number of anilines is 3. The lowest BCUT2D eigenvalue weighted by molar-refractivity contribution is 0.232. The van der Waals surface area contributed by atoms with Crippen molar-refractivity contribution in [2.24, 2.45) is 5.92 Å². The fourth-order valence-electron chi connectivity index (χ4n) is 12.8. The number of ether oxygens (including phenoxy) is 1. The number of rotatable bonds is 19. The minimum absolute atomic E-state index is 0.347. The number of hydrogen-bond donors (Lipinski definition) is 0. The zero-order chi connectivity index (χ0) is 55.4. The second-order valence-corrected chi connectivity index (χ2v) is 21.9. The van der Waals surface area contributed by atoms with Crippen LogP contribution in [0.15, 0.2) is 280 Å². The first-order chi connectivity index (χ1) is 40.5. The Kier molecular flexibility index (Phi) is 14.4.